The molecule has 2 nitrogen and oxygen atoms in total. The molecule has 1 N–H and O–H groups in total. The average Bonchev–Trinajstić information content (AvgIpc) is 3.20. The second-order valence-corrected chi connectivity index (χ2v) is 7.49. The minimum absolute atomic E-state index is 0.0453. The third kappa shape index (κ3) is 3.38. The van der Waals surface area contributed by atoms with Gasteiger partial charge in [-0.2, -0.15) is 0 Å². The summed E-state index contributed by atoms with van der Waals surface area (Å²) in [7, 11) is 0. The minimum atomic E-state index is -0.0808. The second kappa shape index (κ2) is 7.24. The molecular weight excluding hydrogens is 326 g/mol. The van der Waals surface area contributed by atoms with E-state index in [2.05, 4.69) is 47.1 Å². The van der Waals surface area contributed by atoms with Crippen molar-refractivity contribution in [2.45, 2.75) is 31.2 Å². The maximum absolute atomic E-state index is 13.1. The highest BCUT2D eigenvalue weighted by Crippen LogP contribution is 2.33. The number of hydrogen-bond acceptors (Lipinski definition) is 2. The van der Waals surface area contributed by atoms with Crippen molar-refractivity contribution < 1.29 is 4.79 Å². The van der Waals surface area contributed by atoms with E-state index in [9.17, 15) is 4.79 Å². The third-order valence-corrected chi connectivity index (χ3v) is 5.87. The van der Waals surface area contributed by atoms with Gasteiger partial charge in [0, 0.05) is 4.88 Å². The molecule has 2 aromatic carbocycles. The summed E-state index contributed by atoms with van der Waals surface area (Å²) in [4.78, 5) is 14.3. The first kappa shape index (κ1) is 16.1. The van der Waals surface area contributed by atoms with Gasteiger partial charge in [0.2, 0.25) is 5.91 Å². The summed E-state index contributed by atoms with van der Waals surface area (Å²) in [6.45, 7) is 0. The van der Waals surface area contributed by atoms with Gasteiger partial charge in [0.05, 0.1) is 12.0 Å². The molecular formula is C22H21NOS. The van der Waals surface area contributed by atoms with Gasteiger partial charge in [-0.05, 0) is 47.4 Å². The van der Waals surface area contributed by atoms with Crippen molar-refractivity contribution in [1.29, 1.82) is 0 Å². The number of aryl methyl sites for hydroxylation is 1. The van der Waals surface area contributed by atoms with Gasteiger partial charge in [0.1, 0.15) is 0 Å². The molecule has 1 aliphatic carbocycles. The fourth-order valence-electron chi connectivity index (χ4n) is 3.69. The van der Waals surface area contributed by atoms with Crippen molar-refractivity contribution in [3.63, 3.8) is 0 Å². The highest BCUT2D eigenvalue weighted by Gasteiger charge is 2.28. The Labute approximate surface area is 152 Å². The summed E-state index contributed by atoms with van der Waals surface area (Å²) in [5.41, 5.74) is 3.65. The highest BCUT2D eigenvalue weighted by molar-refractivity contribution is 7.10. The number of nitrogens with one attached hydrogen (secondary N) is 1. The standard InChI is InChI=1S/C22H21NOS/c24-22(19-13-6-11-16-8-4-5-12-18(16)19)23-21(20-14-7-15-25-20)17-9-2-1-3-10-17/h1-5,7-10,12,14-15,19,21H,6,11,13H2,(H,23,24). The van der Waals surface area contributed by atoms with Gasteiger partial charge in [-0.25, -0.2) is 0 Å². The number of amides is 1. The molecule has 0 spiro atoms. The Morgan fingerprint density at radius 1 is 1.00 bits per heavy atom. The van der Waals surface area contributed by atoms with E-state index >= 15 is 0 Å². The number of carbonyl (C=O) groups is 1. The molecule has 2 unspecified atom stereocenters. The Bertz CT molecular complexity index is 841. The molecule has 4 rings (SSSR count). The third-order valence-electron chi connectivity index (χ3n) is 4.93. The first-order chi connectivity index (χ1) is 12.3. The van der Waals surface area contributed by atoms with Gasteiger partial charge in [0.15, 0.2) is 0 Å². The van der Waals surface area contributed by atoms with E-state index in [-0.39, 0.29) is 17.9 Å². The van der Waals surface area contributed by atoms with Crippen LogP contribution in [0.3, 0.4) is 0 Å². The van der Waals surface area contributed by atoms with E-state index in [1.54, 1.807) is 11.3 Å². The summed E-state index contributed by atoms with van der Waals surface area (Å²) in [5.74, 6) is 0.0885. The lowest BCUT2D eigenvalue weighted by molar-refractivity contribution is -0.123. The number of thiophene rings is 1. The molecule has 0 radical (unpaired) electrons. The summed E-state index contributed by atoms with van der Waals surface area (Å²) >= 11 is 1.69. The molecule has 3 heteroatoms. The zero-order valence-corrected chi connectivity index (χ0v) is 14.8. The first-order valence-corrected chi connectivity index (χ1v) is 9.67. The van der Waals surface area contributed by atoms with E-state index in [0.717, 1.165) is 24.8 Å². The van der Waals surface area contributed by atoms with Gasteiger partial charge in [-0.1, -0.05) is 60.7 Å². The lowest BCUT2D eigenvalue weighted by Crippen LogP contribution is -2.34. The molecule has 1 aromatic heterocycles. The van der Waals surface area contributed by atoms with E-state index in [0.29, 0.717) is 0 Å². The smallest absolute Gasteiger partial charge is 0.228 e. The largest absolute Gasteiger partial charge is 0.344 e. The molecule has 1 heterocycles. The Morgan fingerprint density at radius 3 is 2.60 bits per heavy atom. The van der Waals surface area contributed by atoms with Crippen molar-refractivity contribution in [2.24, 2.45) is 0 Å². The molecule has 2 atom stereocenters. The lowest BCUT2D eigenvalue weighted by atomic mass is 9.82. The first-order valence-electron chi connectivity index (χ1n) is 8.79. The molecule has 3 aromatic rings. The number of hydrogen-bond donors (Lipinski definition) is 1. The Morgan fingerprint density at radius 2 is 1.80 bits per heavy atom. The molecule has 0 saturated heterocycles. The monoisotopic (exact) mass is 347 g/mol. The molecule has 1 amide bonds. The quantitative estimate of drug-likeness (QED) is 0.701. The average molecular weight is 347 g/mol. The Kier molecular flexibility index (Phi) is 4.66. The van der Waals surface area contributed by atoms with Crippen LogP contribution in [0.1, 0.15) is 46.4 Å². The van der Waals surface area contributed by atoms with Crippen LogP contribution in [-0.4, -0.2) is 5.91 Å². The summed E-state index contributed by atoms with van der Waals surface area (Å²) < 4.78 is 0. The predicted molar refractivity (Wildman–Crippen MR) is 103 cm³/mol. The van der Waals surface area contributed by atoms with Crippen molar-refractivity contribution >= 4 is 17.2 Å². The van der Waals surface area contributed by atoms with E-state index in [4.69, 9.17) is 0 Å². The molecule has 1 aliphatic rings. The van der Waals surface area contributed by atoms with Gasteiger partial charge in [-0.15, -0.1) is 11.3 Å². The van der Waals surface area contributed by atoms with Crippen LogP contribution in [0.5, 0.6) is 0 Å². The van der Waals surface area contributed by atoms with Crippen LogP contribution in [-0.2, 0) is 11.2 Å². The topological polar surface area (TPSA) is 29.1 Å². The fourth-order valence-corrected chi connectivity index (χ4v) is 4.49. The minimum Gasteiger partial charge on any atom is -0.344 e. The summed E-state index contributed by atoms with van der Waals surface area (Å²) in [6.07, 6.45) is 3.08. The predicted octanol–water partition coefficient (Wildman–Crippen LogP) is 5.07. The van der Waals surface area contributed by atoms with E-state index in [1.807, 2.05) is 30.3 Å². The molecule has 0 aliphatic heterocycles. The molecule has 126 valence electrons. The molecule has 0 saturated carbocycles. The number of fused-ring (bicyclic) bond motifs is 1. The van der Waals surface area contributed by atoms with Crippen molar-refractivity contribution in [1.82, 2.24) is 5.32 Å². The maximum Gasteiger partial charge on any atom is 0.228 e. The van der Waals surface area contributed by atoms with Gasteiger partial charge < -0.3 is 5.32 Å². The van der Waals surface area contributed by atoms with Crippen LogP contribution in [0.2, 0.25) is 0 Å². The van der Waals surface area contributed by atoms with Crippen LogP contribution in [0.15, 0.2) is 72.1 Å². The van der Waals surface area contributed by atoms with E-state index in [1.165, 1.54) is 16.0 Å². The van der Waals surface area contributed by atoms with Crippen molar-refractivity contribution in [3.05, 3.63) is 93.7 Å². The lowest BCUT2D eigenvalue weighted by Gasteiger charge is -2.27. The van der Waals surface area contributed by atoms with Gasteiger partial charge in [0.25, 0.3) is 0 Å². The number of rotatable bonds is 4. The number of benzene rings is 2. The SMILES string of the molecule is O=C(NC(c1ccccc1)c1cccs1)C1CCCc2ccccc21. The Hall–Kier alpha value is -2.39. The zero-order valence-electron chi connectivity index (χ0n) is 14.0. The summed E-state index contributed by atoms with van der Waals surface area (Å²) in [5, 5.41) is 5.38. The number of carbonyl (C=O) groups excluding carboxylic acids is 1. The Balaban J connectivity index is 1.62. The van der Waals surface area contributed by atoms with Crippen LogP contribution < -0.4 is 5.32 Å². The van der Waals surface area contributed by atoms with E-state index < -0.39 is 0 Å². The summed E-state index contributed by atoms with van der Waals surface area (Å²) in [6, 6.07) is 22.7. The van der Waals surface area contributed by atoms with Crippen molar-refractivity contribution in [3.8, 4) is 0 Å². The van der Waals surface area contributed by atoms with Crippen LogP contribution in [0.4, 0.5) is 0 Å². The normalized spacial score (nSPS) is 17.5. The molecule has 0 fully saturated rings. The zero-order chi connectivity index (χ0) is 17.1. The van der Waals surface area contributed by atoms with Crippen LogP contribution in [0.25, 0.3) is 0 Å². The molecule has 25 heavy (non-hydrogen) atoms. The fraction of sp³-hybridized carbons (Fsp3) is 0.227. The molecule has 0 bridgehead atoms. The highest BCUT2D eigenvalue weighted by atomic mass is 32.1. The van der Waals surface area contributed by atoms with Gasteiger partial charge >= 0.3 is 0 Å². The van der Waals surface area contributed by atoms with Crippen LogP contribution >= 0.6 is 11.3 Å². The van der Waals surface area contributed by atoms with Crippen molar-refractivity contribution in [2.75, 3.05) is 0 Å². The second-order valence-electron chi connectivity index (χ2n) is 6.51. The van der Waals surface area contributed by atoms with Gasteiger partial charge in [-0.3, -0.25) is 4.79 Å². The maximum atomic E-state index is 13.1. The van der Waals surface area contributed by atoms with Crippen LogP contribution in [0, 0.1) is 0 Å².